The van der Waals surface area contributed by atoms with Gasteiger partial charge in [-0.1, -0.05) is 18.2 Å². The predicted octanol–water partition coefficient (Wildman–Crippen LogP) is 5.47. The lowest BCUT2D eigenvalue weighted by Gasteiger charge is -2.11. The molecule has 27 heavy (non-hydrogen) atoms. The van der Waals surface area contributed by atoms with Crippen LogP contribution in [0.15, 0.2) is 85.1 Å². The zero-order chi connectivity index (χ0) is 18.6. The number of pyridine rings is 1. The molecule has 4 aromatic rings. The Morgan fingerprint density at radius 1 is 0.889 bits per heavy atom. The molecule has 0 saturated heterocycles. The van der Waals surface area contributed by atoms with E-state index in [1.807, 2.05) is 54.6 Å². The number of para-hydroxylation sites is 1. The maximum atomic E-state index is 11.0. The van der Waals surface area contributed by atoms with Crippen molar-refractivity contribution in [3.63, 3.8) is 0 Å². The minimum Gasteiger partial charge on any atom is -0.478 e. The predicted molar refractivity (Wildman–Crippen MR) is 105 cm³/mol. The molecule has 2 N–H and O–H groups in total. The van der Waals surface area contributed by atoms with Gasteiger partial charge in [0.25, 0.3) is 0 Å². The molecule has 5 heteroatoms. The van der Waals surface area contributed by atoms with Crippen LogP contribution in [0.2, 0.25) is 0 Å². The lowest BCUT2D eigenvalue weighted by molar-refractivity contribution is 0.0697. The van der Waals surface area contributed by atoms with Gasteiger partial charge in [-0.3, -0.25) is 4.98 Å². The molecule has 0 amide bonds. The SMILES string of the molecule is O=C(O)c1ccc(Nc2ccnc3ccc(Oc4ccccc4)cc23)cc1. The van der Waals surface area contributed by atoms with Gasteiger partial charge < -0.3 is 15.2 Å². The summed E-state index contributed by atoms with van der Waals surface area (Å²) in [6, 6.07) is 23.8. The Kier molecular flexibility index (Phi) is 4.41. The van der Waals surface area contributed by atoms with Gasteiger partial charge in [0.1, 0.15) is 11.5 Å². The Morgan fingerprint density at radius 3 is 2.41 bits per heavy atom. The fourth-order valence-corrected chi connectivity index (χ4v) is 2.77. The summed E-state index contributed by atoms with van der Waals surface area (Å²) in [6.45, 7) is 0. The number of hydrogen-bond donors (Lipinski definition) is 2. The van der Waals surface area contributed by atoms with Crippen molar-refractivity contribution in [1.29, 1.82) is 0 Å². The molecular weight excluding hydrogens is 340 g/mol. The van der Waals surface area contributed by atoms with E-state index in [-0.39, 0.29) is 5.56 Å². The first-order valence-electron chi connectivity index (χ1n) is 8.41. The van der Waals surface area contributed by atoms with E-state index in [0.717, 1.165) is 28.0 Å². The van der Waals surface area contributed by atoms with Gasteiger partial charge in [-0.2, -0.15) is 0 Å². The summed E-state index contributed by atoms with van der Waals surface area (Å²) in [5.41, 5.74) is 2.74. The van der Waals surface area contributed by atoms with E-state index in [0.29, 0.717) is 5.75 Å². The maximum Gasteiger partial charge on any atom is 0.335 e. The molecule has 1 aromatic heterocycles. The van der Waals surface area contributed by atoms with Crippen molar-refractivity contribution in [3.8, 4) is 11.5 Å². The highest BCUT2D eigenvalue weighted by atomic mass is 16.5. The van der Waals surface area contributed by atoms with Gasteiger partial charge in [0, 0.05) is 23.0 Å². The molecule has 0 aliphatic rings. The van der Waals surface area contributed by atoms with Crippen LogP contribution in [0.5, 0.6) is 11.5 Å². The molecule has 3 aromatic carbocycles. The van der Waals surface area contributed by atoms with Crippen molar-refractivity contribution < 1.29 is 14.6 Å². The van der Waals surface area contributed by atoms with E-state index in [9.17, 15) is 4.79 Å². The molecule has 0 spiro atoms. The summed E-state index contributed by atoms with van der Waals surface area (Å²) in [7, 11) is 0. The van der Waals surface area contributed by atoms with Gasteiger partial charge in [-0.05, 0) is 60.7 Å². The number of hydrogen-bond acceptors (Lipinski definition) is 4. The van der Waals surface area contributed by atoms with Gasteiger partial charge in [0.05, 0.1) is 11.1 Å². The largest absolute Gasteiger partial charge is 0.478 e. The number of nitrogens with one attached hydrogen (secondary N) is 1. The molecule has 5 nitrogen and oxygen atoms in total. The van der Waals surface area contributed by atoms with Crippen LogP contribution in [-0.2, 0) is 0 Å². The Balaban J connectivity index is 1.65. The standard InChI is InChI=1S/C22H16N2O3/c25-22(26)15-6-8-16(9-7-15)24-21-12-13-23-20-11-10-18(14-19(20)21)27-17-4-2-1-3-5-17/h1-14H,(H,23,24)(H,25,26). The molecule has 0 fully saturated rings. The number of benzene rings is 3. The number of fused-ring (bicyclic) bond motifs is 1. The first-order chi connectivity index (χ1) is 13.2. The molecule has 0 aliphatic carbocycles. The second-order valence-corrected chi connectivity index (χ2v) is 5.96. The Hall–Kier alpha value is -3.86. The average Bonchev–Trinajstić information content (AvgIpc) is 2.70. The number of aromatic carboxylic acids is 1. The lowest BCUT2D eigenvalue weighted by atomic mass is 10.1. The van der Waals surface area contributed by atoms with Crippen molar-refractivity contribution in [2.24, 2.45) is 0 Å². The second kappa shape index (κ2) is 7.17. The first kappa shape index (κ1) is 16.6. The number of carboxylic acid groups (broad SMARTS) is 1. The Morgan fingerprint density at radius 2 is 1.67 bits per heavy atom. The van der Waals surface area contributed by atoms with Crippen molar-refractivity contribution in [1.82, 2.24) is 4.98 Å². The van der Waals surface area contributed by atoms with Crippen molar-refractivity contribution in [2.45, 2.75) is 0 Å². The minimum absolute atomic E-state index is 0.249. The van der Waals surface area contributed by atoms with Crippen molar-refractivity contribution in [3.05, 3.63) is 90.6 Å². The highest BCUT2D eigenvalue weighted by Gasteiger charge is 2.07. The molecular formula is C22H16N2O3. The molecule has 0 saturated carbocycles. The van der Waals surface area contributed by atoms with Crippen LogP contribution in [0, 0.1) is 0 Å². The zero-order valence-corrected chi connectivity index (χ0v) is 14.3. The van der Waals surface area contributed by atoms with Gasteiger partial charge in [-0.25, -0.2) is 4.79 Å². The Bertz CT molecular complexity index is 1090. The van der Waals surface area contributed by atoms with Gasteiger partial charge in [0.15, 0.2) is 0 Å². The Labute approximate surface area is 155 Å². The van der Waals surface area contributed by atoms with E-state index in [1.54, 1.807) is 30.5 Å². The summed E-state index contributed by atoms with van der Waals surface area (Å²) >= 11 is 0. The maximum absolute atomic E-state index is 11.0. The van der Waals surface area contributed by atoms with Gasteiger partial charge >= 0.3 is 5.97 Å². The first-order valence-corrected chi connectivity index (χ1v) is 8.41. The van der Waals surface area contributed by atoms with E-state index in [4.69, 9.17) is 9.84 Å². The third kappa shape index (κ3) is 3.72. The van der Waals surface area contributed by atoms with Crippen LogP contribution in [-0.4, -0.2) is 16.1 Å². The summed E-state index contributed by atoms with van der Waals surface area (Å²) in [5.74, 6) is 0.532. The molecule has 0 aliphatic heterocycles. The number of carbonyl (C=O) groups is 1. The highest BCUT2D eigenvalue weighted by molar-refractivity contribution is 5.94. The second-order valence-electron chi connectivity index (χ2n) is 5.96. The van der Waals surface area contributed by atoms with Gasteiger partial charge in [-0.15, -0.1) is 0 Å². The van der Waals surface area contributed by atoms with Crippen LogP contribution < -0.4 is 10.1 Å². The topological polar surface area (TPSA) is 71.5 Å². The summed E-state index contributed by atoms with van der Waals surface area (Å²) < 4.78 is 5.91. The van der Waals surface area contributed by atoms with Crippen LogP contribution >= 0.6 is 0 Å². The normalized spacial score (nSPS) is 10.5. The molecule has 0 radical (unpaired) electrons. The molecule has 0 bridgehead atoms. The number of rotatable bonds is 5. The number of anilines is 2. The third-order valence-electron chi connectivity index (χ3n) is 4.10. The number of ether oxygens (including phenoxy) is 1. The average molecular weight is 356 g/mol. The van der Waals surface area contributed by atoms with Crippen LogP contribution in [0.1, 0.15) is 10.4 Å². The third-order valence-corrected chi connectivity index (χ3v) is 4.10. The van der Waals surface area contributed by atoms with E-state index >= 15 is 0 Å². The quantitative estimate of drug-likeness (QED) is 0.496. The molecule has 1 heterocycles. The number of aromatic nitrogens is 1. The number of carboxylic acids is 1. The zero-order valence-electron chi connectivity index (χ0n) is 14.3. The fourth-order valence-electron chi connectivity index (χ4n) is 2.77. The molecule has 4 rings (SSSR count). The molecule has 0 atom stereocenters. The summed E-state index contributed by atoms with van der Waals surface area (Å²) in [6.07, 6.45) is 1.73. The van der Waals surface area contributed by atoms with E-state index in [2.05, 4.69) is 10.3 Å². The molecule has 132 valence electrons. The van der Waals surface area contributed by atoms with Crippen molar-refractivity contribution in [2.75, 3.05) is 5.32 Å². The number of nitrogens with zero attached hydrogens (tertiary/aromatic N) is 1. The summed E-state index contributed by atoms with van der Waals surface area (Å²) in [4.78, 5) is 15.4. The minimum atomic E-state index is -0.946. The fraction of sp³-hybridized carbons (Fsp3) is 0. The van der Waals surface area contributed by atoms with Crippen LogP contribution in [0.25, 0.3) is 10.9 Å². The molecule has 0 unspecified atom stereocenters. The highest BCUT2D eigenvalue weighted by Crippen LogP contribution is 2.30. The summed E-state index contributed by atoms with van der Waals surface area (Å²) in [5, 5.41) is 13.2. The van der Waals surface area contributed by atoms with E-state index < -0.39 is 5.97 Å². The van der Waals surface area contributed by atoms with E-state index in [1.165, 1.54) is 0 Å². The van der Waals surface area contributed by atoms with Gasteiger partial charge in [0.2, 0.25) is 0 Å². The van der Waals surface area contributed by atoms with Crippen LogP contribution in [0.3, 0.4) is 0 Å². The van der Waals surface area contributed by atoms with Crippen molar-refractivity contribution >= 4 is 28.2 Å². The van der Waals surface area contributed by atoms with Crippen LogP contribution in [0.4, 0.5) is 11.4 Å². The lowest BCUT2D eigenvalue weighted by Crippen LogP contribution is -1.97. The monoisotopic (exact) mass is 356 g/mol. The smallest absolute Gasteiger partial charge is 0.335 e.